The highest BCUT2D eigenvalue weighted by molar-refractivity contribution is 7.89. The summed E-state index contributed by atoms with van der Waals surface area (Å²) in [6, 6.07) is 5.92. The molecule has 26 heavy (non-hydrogen) atoms. The lowest BCUT2D eigenvalue weighted by molar-refractivity contribution is 0.102. The van der Waals surface area contributed by atoms with Crippen molar-refractivity contribution in [3.63, 3.8) is 0 Å². The molecule has 1 aromatic heterocycles. The normalized spacial score (nSPS) is 15.5. The van der Waals surface area contributed by atoms with Crippen LogP contribution < -0.4 is 10.0 Å². The van der Waals surface area contributed by atoms with Gasteiger partial charge in [0.15, 0.2) is 0 Å². The first-order valence-electron chi connectivity index (χ1n) is 8.62. The second-order valence-electron chi connectivity index (χ2n) is 6.68. The number of aromatic nitrogens is 2. The smallest absolute Gasteiger partial charge is 0.257 e. The van der Waals surface area contributed by atoms with Crippen LogP contribution in [-0.4, -0.2) is 30.6 Å². The van der Waals surface area contributed by atoms with Crippen LogP contribution in [0.15, 0.2) is 29.2 Å². The number of rotatable bonds is 6. The third-order valence-corrected chi connectivity index (χ3v) is 6.93. The quantitative estimate of drug-likeness (QED) is 0.784. The van der Waals surface area contributed by atoms with E-state index in [1.165, 1.54) is 35.6 Å². The van der Waals surface area contributed by atoms with Crippen molar-refractivity contribution in [3.05, 3.63) is 34.8 Å². The lowest BCUT2D eigenvalue weighted by Crippen LogP contribution is -2.32. The topological polar surface area (TPSA) is 101 Å². The third kappa shape index (κ3) is 4.46. The summed E-state index contributed by atoms with van der Waals surface area (Å²) in [7, 11) is -3.55. The van der Waals surface area contributed by atoms with Gasteiger partial charge in [0.25, 0.3) is 5.91 Å². The average Bonchev–Trinajstić information content (AvgIpc) is 3.26. The number of carbonyl (C=O) groups excluding carboxylic acids is 1. The summed E-state index contributed by atoms with van der Waals surface area (Å²) in [5.41, 5.74) is 0.367. The molecule has 1 fully saturated rings. The summed E-state index contributed by atoms with van der Waals surface area (Å²) in [5.74, 6) is -0.0980. The molecule has 0 atom stereocenters. The highest BCUT2D eigenvalue weighted by atomic mass is 32.2. The molecule has 7 nitrogen and oxygen atoms in total. The number of hydrogen-bond acceptors (Lipinski definition) is 6. The fraction of sp³-hybridized carbons (Fsp3) is 0.471. The van der Waals surface area contributed by atoms with Gasteiger partial charge in [-0.3, -0.25) is 10.1 Å². The molecule has 1 aromatic carbocycles. The van der Waals surface area contributed by atoms with Crippen LogP contribution in [0.5, 0.6) is 0 Å². The van der Waals surface area contributed by atoms with Crippen LogP contribution in [-0.2, 0) is 10.0 Å². The fourth-order valence-electron chi connectivity index (χ4n) is 2.80. The molecule has 1 amide bonds. The minimum absolute atomic E-state index is 0.00975. The number of nitrogens with zero attached hydrogens (tertiary/aromatic N) is 2. The zero-order chi connectivity index (χ0) is 18.7. The molecule has 0 aliphatic heterocycles. The summed E-state index contributed by atoms with van der Waals surface area (Å²) in [6.07, 6.45) is 3.85. The zero-order valence-electron chi connectivity index (χ0n) is 14.7. The molecule has 0 bridgehead atoms. The van der Waals surface area contributed by atoms with Crippen molar-refractivity contribution in [2.75, 3.05) is 5.32 Å². The van der Waals surface area contributed by atoms with Crippen molar-refractivity contribution in [2.45, 2.75) is 56.4 Å². The lowest BCUT2D eigenvalue weighted by atomic mass is 10.2. The Morgan fingerprint density at radius 3 is 2.38 bits per heavy atom. The van der Waals surface area contributed by atoms with Gasteiger partial charge in [0.1, 0.15) is 5.01 Å². The molecule has 9 heteroatoms. The monoisotopic (exact) mass is 394 g/mol. The number of nitrogens with one attached hydrogen (secondary N) is 2. The molecule has 1 aliphatic carbocycles. The maximum atomic E-state index is 12.4. The van der Waals surface area contributed by atoms with Crippen LogP contribution in [0.2, 0.25) is 0 Å². The average molecular weight is 395 g/mol. The zero-order valence-corrected chi connectivity index (χ0v) is 16.4. The van der Waals surface area contributed by atoms with Gasteiger partial charge in [0.05, 0.1) is 4.90 Å². The Morgan fingerprint density at radius 2 is 1.81 bits per heavy atom. The number of amides is 1. The van der Waals surface area contributed by atoms with Crippen molar-refractivity contribution >= 4 is 32.4 Å². The largest absolute Gasteiger partial charge is 0.296 e. The van der Waals surface area contributed by atoms with E-state index in [4.69, 9.17) is 0 Å². The van der Waals surface area contributed by atoms with Gasteiger partial charge in [-0.2, -0.15) is 0 Å². The van der Waals surface area contributed by atoms with Gasteiger partial charge in [-0.1, -0.05) is 38.0 Å². The van der Waals surface area contributed by atoms with Crippen molar-refractivity contribution < 1.29 is 13.2 Å². The molecule has 0 spiro atoms. The van der Waals surface area contributed by atoms with Crippen LogP contribution in [0, 0.1) is 0 Å². The van der Waals surface area contributed by atoms with Crippen LogP contribution >= 0.6 is 11.3 Å². The number of anilines is 1. The first-order valence-corrected chi connectivity index (χ1v) is 10.9. The Morgan fingerprint density at radius 1 is 1.15 bits per heavy atom. The van der Waals surface area contributed by atoms with E-state index < -0.39 is 10.0 Å². The number of hydrogen-bond donors (Lipinski definition) is 2. The van der Waals surface area contributed by atoms with E-state index in [2.05, 4.69) is 20.2 Å². The Bertz CT molecular complexity index is 870. The van der Waals surface area contributed by atoms with Gasteiger partial charge in [0, 0.05) is 17.5 Å². The SMILES string of the molecule is CC(C)c1nnc(NC(=O)c2ccc(S(=O)(=O)NC3CCCC3)cc2)s1. The lowest BCUT2D eigenvalue weighted by Gasteiger charge is -2.12. The van der Waals surface area contributed by atoms with Gasteiger partial charge in [-0.25, -0.2) is 13.1 Å². The summed E-state index contributed by atoms with van der Waals surface area (Å²) in [4.78, 5) is 12.5. The predicted molar refractivity (Wildman–Crippen MR) is 101 cm³/mol. The fourth-order valence-corrected chi connectivity index (χ4v) is 4.85. The standard InChI is InChI=1S/C17H22N4O3S2/c1-11(2)16-19-20-17(25-16)18-15(22)12-7-9-14(10-8-12)26(23,24)21-13-5-3-4-6-13/h7-11,13,21H,3-6H2,1-2H3,(H,18,20,22). The second-order valence-corrected chi connectivity index (χ2v) is 9.40. The molecule has 1 heterocycles. The molecule has 140 valence electrons. The molecule has 2 N–H and O–H groups in total. The maximum absolute atomic E-state index is 12.4. The van der Waals surface area contributed by atoms with Gasteiger partial charge in [0.2, 0.25) is 15.2 Å². The van der Waals surface area contributed by atoms with Gasteiger partial charge in [-0.05, 0) is 37.1 Å². The van der Waals surface area contributed by atoms with E-state index in [0.29, 0.717) is 10.7 Å². The van der Waals surface area contributed by atoms with Crippen molar-refractivity contribution in [3.8, 4) is 0 Å². The molecular formula is C17H22N4O3S2. The molecule has 2 aromatic rings. The number of carbonyl (C=O) groups is 1. The Balaban J connectivity index is 1.67. The summed E-state index contributed by atoms with van der Waals surface area (Å²) < 4.78 is 27.5. The van der Waals surface area contributed by atoms with E-state index in [9.17, 15) is 13.2 Å². The molecule has 0 unspecified atom stereocenters. The first-order chi connectivity index (χ1) is 12.3. The predicted octanol–water partition coefficient (Wildman–Crippen LogP) is 3.13. The highest BCUT2D eigenvalue weighted by Crippen LogP contribution is 2.23. The van der Waals surface area contributed by atoms with E-state index in [1.807, 2.05) is 13.8 Å². The third-order valence-electron chi connectivity index (χ3n) is 4.26. The van der Waals surface area contributed by atoms with E-state index in [-0.39, 0.29) is 22.8 Å². The minimum atomic E-state index is -3.55. The first kappa shape index (κ1) is 18.9. The molecule has 1 saturated carbocycles. The van der Waals surface area contributed by atoms with Gasteiger partial charge < -0.3 is 0 Å². The second kappa shape index (κ2) is 7.81. The van der Waals surface area contributed by atoms with Crippen LogP contribution in [0.3, 0.4) is 0 Å². The molecule has 1 aliphatic rings. The van der Waals surface area contributed by atoms with Crippen molar-refractivity contribution in [2.24, 2.45) is 0 Å². The Kier molecular flexibility index (Phi) is 5.69. The van der Waals surface area contributed by atoms with Crippen LogP contribution in [0.4, 0.5) is 5.13 Å². The van der Waals surface area contributed by atoms with Crippen molar-refractivity contribution in [1.29, 1.82) is 0 Å². The molecule has 3 rings (SSSR count). The van der Waals surface area contributed by atoms with E-state index in [0.717, 1.165) is 30.7 Å². The van der Waals surface area contributed by atoms with E-state index in [1.54, 1.807) is 0 Å². The summed E-state index contributed by atoms with van der Waals surface area (Å²) in [6.45, 7) is 4.01. The molecular weight excluding hydrogens is 372 g/mol. The molecule has 0 radical (unpaired) electrons. The van der Waals surface area contributed by atoms with E-state index >= 15 is 0 Å². The van der Waals surface area contributed by atoms with Crippen LogP contribution in [0.1, 0.15) is 60.8 Å². The Labute approximate surface area is 157 Å². The van der Waals surface area contributed by atoms with Crippen molar-refractivity contribution in [1.82, 2.24) is 14.9 Å². The minimum Gasteiger partial charge on any atom is -0.296 e. The highest BCUT2D eigenvalue weighted by Gasteiger charge is 2.23. The number of sulfonamides is 1. The summed E-state index contributed by atoms with van der Waals surface area (Å²) >= 11 is 1.33. The summed E-state index contributed by atoms with van der Waals surface area (Å²) in [5, 5.41) is 11.9. The molecule has 0 saturated heterocycles. The maximum Gasteiger partial charge on any atom is 0.257 e. The number of benzene rings is 1. The van der Waals surface area contributed by atoms with Gasteiger partial charge in [-0.15, -0.1) is 10.2 Å². The Hall–Kier alpha value is -1.84. The van der Waals surface area contributed by atoms with Gasteiger partial charge >= 0.3 is 0 Å². The van der Waals surface area contributed by atoms with Crippen LogP contribution in [0.25, 0.3) is 0 Å².